The number of benzene rings is 1. The van der Waals surface area contributed by atoms with E-state index in [4.69, 9.17) is 0 Å². The molecule has 5 heteroatoms. The largest absolute Gasteiger partial charge is 0.314 e. The monoisotopic (exact) mass is 415 g/mol. The number of halogens is 2. The summed E-state index contributed by atoms with van der Waals surface area (Å²) in [7, 11) is 0. The third-order valence-electron chi connectivity index (χ3n) is 3.72. The van der Waals surface area contributed by atoms with Crippen LogP contribution in [-0.4, -0.2) is 29.5 Å². The van der Waals surface area contributed by atoms with Crippen molar-refractivity contribution >= 4 is 35.0 Å². The fourth-order valence-corrected chi connectivity index (χ4v) is 3.02. The minimum Gasteiger partial charge on any atom is -0.314 e. The van der Waals surface area contributed by atoms with E-state index in [1.54, 1.807) is 0 Å². The number of hydrogen-bond acceptors (Lipinski definition) is 3. The van der Waals surface area contributed by atoms with E-state index < -0.39 is 0 Å². The van der Waals surface area contributed by atoms with Crippen LogP contribution in [0.25, 0.3) is 0 Å². The summed E-state index contributed by atoms with van der Waals surface area (Å²) in [5, 5.41) is 3.49. The Kier molecular flexibility index (Phi) is 6.41. The molecule has 21 heavy (non-hydrogen) atoms. The molecule has 3 nitrogen and oxygen atoms in total. The van der Waals surface area contributed by atoms with Crippen LogP contribution < -0.4 is 5.32 Å². The van der Waals surface area contributed by atoms with Gasteiger partial charge >= 0.3 is 0 Å². The fraction of sp³-hybridized carbons (Fsp3) is 0.312. The Morgan fingerprint density at radius 2 is 2.05 bits per heavy atom. The Labute approximate surface area is 145 Å². The Morgan fingerprint density at radius 1 is 1.24 bits per heavy atom. The van der Waals surface area contributed by atoms with Crippen LogP contribution in [0.3, 0.4) is 0 Å². The van der Waals surface area contributed by atoms with Crippen LogP contribution >= 0.6 is 35.0 Å². The molecule has 112 valence electrons. The molecule has 1 unspecified atom stereocenters. The van der Waals surface area contributed by atoms with Crippen molar-refractivity contribution in [2.24, 2.45) is 0 Å². The van der Waals surface area contributed by atoms with Gasteiger partial charge in [0, 0.05) is 48.2 Å². The second-order valence-corrected chi connectivity index (χ2v) is 6.35. The summed E-state index contributed by atoms with van der Waals surface area (Å²) in [5.74, 6) is 0. The molecule has 0 bridgehead atoms. The topological polar surface area (TPSA) is 28.2 Å². The average Bonchev–Trinajstić information content (AvgIpc) is 2.51. The summed E-state index contributed by atoms with van der Waals surface area (Å²) < 4.78 is 1.29. The summed E-state index contributed by atoms with van der Waals surface area (Å²) in [6.45, 7) is 4.13. The molecular formula is C16H19ClIN3. The molecular weight excluding hydrogens is 397 g/mol. The van der Waals surface area contributed by atoms with E-state index in [1.807, 2.05) is 18.5 Å². The van der Waals surface area contributed by atoms with E-state index in [0.717, 1.165) is 26.2 Å². The highest BCUT2D eigenvalue weighted by molar-refractivity contribution is 14.1. The number of nitrogens with zero attached hydrogens (tertiary/aromatic N) is 2. The van der Waals surface area contributed by atoms with Gasteiger partial charge in [-0.3, -0.25) is 9.88 Å². The number of nitrogens with one attached hydrogen (secondary N) is 1. The number of piperazine rings is 1. The van der Waals surface area contributed by atoms with Crippen LogP contribution in [0.2, 0.25) is 0 Å². The van der Waals surface area contributed by atoms with Gasteiger partial charge in [-0.05, 0) is 51.9 Å². The smallest absolute Gasteiger partial charge is 0.0491 e. The van der Waals surface area contributed by atoms with Gasteiger partial charge in [-0.25, -0.2) is 0 Å². The van der Waals surface area contributed by atoms with Crippen molar-refractivity contribution in [3.8, 4) is 0 Å². The minimum absolute atomic E-state index is 0. The summed E-state index contributed by atoms with van der Waals surface area (Å²) in [5.41, 5.74) is 2.67. The van der Waals surface area contributed by atoms with Crippen molar-refractivity contribution in [1.29, 1.82) is 0 Å². The van der Waals surface area contributed by atoms with Crippen LogP contribution in [0.5, 0.6) is 0 Å². The summed E-state index contributed by atoms with van der Waals surface area (Å²) in [6, 6.07) is 13.4. The van der Waals surface area contributed by atoms with Crippen molar-refractivity contribution in [1.82, 2.24) is 15.2 Å². The van der Waals surface area contributed by atoms with E-state index >= 15 is 0 Å². The fourth-order valence-electron chi connectivity index (χ4n) is 2.66. The Balaban J connectivity index is 0.00000161. The van der Waals surface area contributed by atoms with Crippen LogP contribution in [0.4, 0.5) is 0 Å². The van der Waals surface area contributed by atoms with Crippen LogP contribution in [-0.2, 0) is 6.54 Å². The van der Waals surface area contributed by atoms with Gasteiger partial charge in [-0.2, -0.15) is 0 Å². The predicted molar refractivity (Wildman–Crippen MR) is 96.7 cm³/mol. The maximum Gasteiger partial charge on any atom is 0.0491 e. The van der Waals surface area contributed by atoms with Crippen LogP contribution in [0.15, 0.2) is 48.8 Å². The zero-order valence-electron chi connectivity index (χ0n) is 11.7. The van der Waals surface area contributed by atoms with Gasteiger partial charge in [0.25, 0.3) is 0 Å². The molecule has 0 spiro atoms. The van der Waals surface area contributed by atoms with Crippen LogP contribution in [0, 0.1) is 3.57 Å². The molecule has 0 saturated carbocycles. The van der Waals surface area contributed by atoms with E-state index in [-0.39, 0.29) is 12.4 Å². The van der Waals surface area contributed by atoms with E-state index in [9.17, 15) is 0 Å². The van der Waals surface area contributed by atoms with Gasteiger partial charge in [-0.15, -0.1) is 12.4 Å². The first-order chi connectivity index (χ1) is 9.83. The summed E-state index contributed by atoms with van der Waals surface area (Å²) >= 11 is 2.35. The maximum absolute atomic E-state index is 4.26. The quantitative estimate of drug-likeness (QED) is 0.780. The third kappa shape index (κ3) is 4.39. The van der Waals surface area contributed by atoms with Gasteiger partial charge in [0.2, 0.25) is 0 Å². The molecule has 1 aromatic carbocycles. The lowest BCUT2D eigenvalue weighted by atomic mass is 10.0. The standard InChI is InChI=1S/C16H18IN3.ClH/c17-15-5-3-13(4-6-15)12-20-9-8-19-11-16(20)14-2-1-7-18-10-14;/h1-7,10,16,19H,8-9,11-12H2;1H. The van der Waals surface area contributed by atoms with Crippen molar-refractivity contribution in [2.45, 2.75) is 12.6 Å². The first kappa shape index (κ1) is 16.7. The van der Waals surface area contributed by atoms with E-state index in [0.29, 0.717) is 6.04 Å². The Morgan fingerprint density at radius 3 is 2.76 bits per heavy atom. The molecule has 1 saturated heterocycles. The number of hydrogen-bond donors (Lipinski definition) is 1. The van der Waals surface area contributed by atoms with E-state index in [1.165, 1.54) is 14.7 Å². The molecule has 0 aliphatic carbocycles. The first-order valence-corrected chi connectivity index (χ1v) is 8.00. The Bertz CT molecular complexity index is 547. The lowest BCUT2D eigenvalue weighted by molar-refractivity contribution is 0.153. The lowest BCUT2D eigenvalue weighted by Crippen LogP contribution is -2.45. The van der Waals surface area contributed by atoms with Crippen molar-refractivity contribution in [3.05, 3.63) is 63.5 Å². The SMILES string of the molecule is Cl.Ic1ccc(CN2CCNCC2c2cccnc2)cc1. The highest BCUT2D eigenvalue weighted by Crippen LogP contribution is 2.23. The molecule has 2 aromatic rings. The summed E-state index contributed by atoms with van der Waals surface area (Å²) in [6.07, 6.45) is 3.82. The molecule has 0 radical (unpaired) electrons. The zero-order chi connectivity index (χ0) is 13.8. The average molecular weight is 416 g/mol. The first-order valence-electron chi connectivity index (χ1n) is 6.92. The summed E-state index contributed by atoms with van der Waals surface area (Å²) in [4.78, 5) is 6.79. The molecule has 1 aliphatic rings. The van der Waals surface area contributed by atoms with Crippen LogP contribution in [0.1, 0.15) is 17.2 Å². The predicted octanol–water partition coefficient (Wildman–Crippen LogP) is 3.25. The number of rotatable bonds is 3. The molecule has 1 N–H and O–H groups in total. The van der Waals surface area contributed by atoms with Crippen molar-refractivity contribution < 1.29 is 0 Å². The molecule has 1 fully saturated rings. The van der Waals surface area contributed by atoms with Gasteiger partial charge in [0.15, 0.2) is 0 Å². The Hall–Kier alpha value is -0.690. The van der Waals surface area contributed by atoms with Crippen molar-refractivity contribution in [2.75, 3.05) is 19.6 Å². The van der Waals surface area contributed by atoms with Gasteiger partial charge in [-0.1, -0.05) is 18.2 Å². The lowest BCUT2D eigenvalue weighted by Gasteiger charge is -2.36. The van der Waals surface area contributed by atoms with Gasteiger partial charge in [0.05, 0.1) is 0 Å². The minimum atomic E-state index is 0. The molecule has 3 rings (SSSR count). The van der Waals surface area contributed by atoms with Crippen molar-refractivity contribution in [3.63, 3.8) is 0 Å². The zero-order valence-corrected chi connectivity index (χ0v) is 14.7. The van der Waals surface area contributed by atoms with Gasteiger partial charge in [0.1, 0.15) is 0 Å². The van der Waals surface area contributed by atoms with Gasteiger partial charge < -0.3 is 5.32 Å². The van der Waals surface area contributed by atoms with E-state index in [2.05, 4.69) is 68.1 Å². The second-order valence-electron chi connectivity index (χ2n) is 5.10. The number of pyridine rings is 1. The highest BCUT2D eigenvalue weighted by Gasteiger charge is 2.23. The molecule has 1 aliphatic heterocycles. The molecule has 1 aromatic heterocycles. The maximum atomic E-state index is 4.26. The molecule has 1 atom stereocenters. The molecule has 2 heterocycles. The second kappa shape index (κ2) is 8.08. The number of aromatic nitrogens is 1. The third-order valence-corrected chi connectivity index (χ3v) is 4.44. The molecule has 0 amide bonds. The highest BCUT2D eigenvalue weighted by atomic mass is 127. The normalized spacial score (nSPS) is 19.0.